The lowest BCUT2D eigenvalue weighted by Gasteiger charge is -2.12. The van der Waals surface area contributed by atoms with Gasteiger partial charge in [-0.2, -0.15) is 0 Å². The van der Waals surface area contributed by atoms with Crippen LogP contribution in [0.15, 0.2) is 84.9 Å². The summed E-state index contributed by atoms with van der Waals surface area (Å²) < 4.78 is 2.15. The normalized spacial score (nSPS) is 11.3. The topological polar surface area (TPSA) is 30.7 Å². The molecule has 0 amide bonds. The summed E-state index contributed by atoms with van der Waals surface area (Å²) in [5.74, 6) is 1.74. The first-order valence-electron chi connectivity index (χ1n) is 8.70. The van der Waals surface area contributed by atoms with E-state index in [0.29, 0.717) is 0 Å². The second-order valence-corrected chi connectivity index (χ2v) is 6.47. The third kappa shape index (κ3) is 2.29. The van der Waals surface area contributed by atoms with Crippen LogP contribution in [0.4, 0.5) is 0 Å². The molecule has 0 saturated carbocycles. The molecule has 1 heterocycles. The molecule has 26 heavy (non-hydrogen) atoms. The van der Waals surface area contributed by atoms with Gasteiger partial charge in [-0.25, -0.2) is 0 Å². The van der Waals surface area contributed by atoms with Crippen molar-refractivity contribution in [1.29, 1.82) is 0 Å². The van der Waals surface area contributed by atoms with Gasteiger partial charge in [0.1, 0.15) is 5.82 Å². The van der Waals surface area contributed by atoms with E-state index in [2.05, 4.69) is 99.7 Å². The molecule has 0 radical (unpaired) electrons. The van der Waals surface area contributed by atoms with Crippen LogP contribution in [-0.4, -0.2) is 14.8 Å². The van der Waals surface area contributed by atoms with Crippen LogP contribution >= 0.6 is 0 Å². The lowest BCUT2D eigenvalue weighted by Crippen LogP contribution is -2.01. The minimum Gasteiger partial charge on any atom is -0.279 e. The summed E-state index contributed by atoms with van der Waals surface area (Å²) in [6.45, 7) is 2.00. The Morgan fingerprint density at radius 3 is 2.27 bits per heavy atom. The summed E-state index contributed by atoms with van der Waals surface area (Å²) in [5, 5.41) is 13.7. The van der Waals surface area contributed by atoms with Crippen molar-refractivity contribution in [3.63, 3.8) is 0 Å². The number of nitrogens with zero attached hydrogens (tertiary/aromatic N) is 3. The highest BCUT2D eigenvalue weighted by molar-refractivity contribution is 5.91. The van der Waals surface area contributed by atoms with E-state index in [1.807, 2.05) is 6.92 Å². The highest BCUT2D eigenvalue weighted by Gasteiger charge is 2.15. The van der Waals surface area contributed by atoms with Crippen LogP contribution in [0.25, 0.3) is 38.6 Å². The summed E-state index contributed by atoms with van der Waals surface area (Å²) in [6.07, 6.45) is 0. The monoisotopic (exact) mass is 335 g/mol. The fraction of sp³-hybridized carbons (Fsp3) is 0.0435. The van der Waals surface area contributed by atoms with Crippen LogP contribution < -0.4 is 0 Å². The first kappa shape index (κ1) is 14.8. The molecule has 0 saturated heterocycles. The van der Waals surface area contributed by atoms with E-state index in [1.54, 1.807) is 0 Å². The van der Waals surface area contributed by atoms with Crippen LogP contribution in [0.1, 0.15) is 5.82 Å². The van der Waals surface area contributed by atoms with Crippen LogP contribution in [0.3, 0.4) is 0 Å². The predicted molar refractivity (Wildman–Crippen MR) is 107 cm³/mol. The zero-order chi connectivity index (χ0) is 17.5. The molecule has 3 nitrogen and oxygen atoms in total. The molecule has 0 N–H and O–H groups in total. The fourth-order valence-electron chi connectivity index (χ4n) is 3.57. The maximum Gasteiger partial charge on any atom is 0.168 e. The summed E-state index contributed by atoms with van der Waals surface area (Å²) >= 11 is 0. The second kappa shape index (κ2) is 5.81. The predicted octanol–water partition coefficient (Wildman–Crippen LogP) is 5.55. The Morgan fingerprint density at radius 1 is 0.654 bits per heavy atom. The Labute approximate surface area is 151 Å². The first-order valence-corrected chi connectivity index (χ1v) is 8.70. The van der Waals surface area contributed by atoms with Gasteiger partial charge in [0.2, 0.25) is 0 Å². The molecule has 0 unspecified atom stereocenters. The smallest absolute Gasteiger partial charge is 0.168 e. The zero-order valence-electron chi connectivity index (χ0n) is 14.4. The zero-order valence-corrected chi connectivity index (χ0v) is 14.4. The minimum absolute atomic E-state index is 0.865. The molecule has 0 bridgehead atoms. The van der Waals surface area contributed by atoms with Crippen LogP contribution in [0.5, 0.6) is 0 Å². The van der Waals surface area contributed by atoms with Crippen LogP contribution in [-0.2, 0) is 0 Å². The van der Waals surface area contributed by atoms with Gasteiger partial charge in [-0.1, -0.05) is 72.8 Å². The van der Waals surface area contributed by atoms with Crippen molar-refractivity contribution in [1.82, 2.24) is 14.8 Å². The average molecular weight is 335 g/mol. The molecule has 0 aliphatic rings. The molecule has 5 rings (SSSR count). The van der Waals surface area contributed by atoms with E-state index in [1.165, 1.54) is 21.5 Å². The molecule has 5 aromatic rings. The third-order valence-electron chi connectivity index (χ3n) is 4.84. The summed E-state index contributed by atoms with van der Waals surface area (Å²) in [5.41, 5.74) is 2.17. The van der Waals surface area contributed by atoms with Crippen molar-refractivity contribution in [2.75, 3.05) is 0 Å². The van der Waals surface area contributed by atoms with Crippen molar-refractivity contribution < 1.29 is 0 Å². The van der Waals surface area contributed by atoms with Crippen molar-refractivity contribution in [2.45, 2.75) is 6.92 Å². The highest BCUT2D eigenvalue weighted by Crippen LogP contribution is 2.29. The molecular formula is C23H17N3. The molecule has 1 aromatic heterocycles. The van der Waals surface area contributed by atoms with Crippen LogP contribution in [0.2, 0.25) is 0 Å². The maximum atomic E-state index is 4.49. The Kier molecular flexibility index (Phi) is 3.32. The molecule has 4 aromatic carbocycles. The third-order valence-corrected chi connectivity index (χ3v) is 4.84. The van der Waals surface area contributed by atoms with Gasteiger partial charge in [0, 0.05) is 10.9 Å². The molecule has 3 heteroatoms. The van der Waals surface area contributed by atoms with Crippen molar-refractivity contribution in [3.8, 4) is 17.1 Å². The number of rotatable bonds is 2. The van der Waals surface area contributed by atoms with Gasteiger partial charge in [-0.05, 0) is 35.2 Å². The standard InChI is InChI=1S/C23H17N3/c1-16-24-25-23(20-14-13-17-7-2-3-9-19(17)15-20)26(16)22-12-6-10-18-8-4-5-11-21(18)22/h2-15H,1H3. The molecule has 0 atom stereocenters. The Hall–Kier alpha value is -3.46. The fourth-order valence-corrected chi connectivity index (χ4v) is 3.57. The summed E-state index contributed by atoms with van der Waals surface area (Å²) in [7, 11) is 0. The van der Waals surface area contributed by atoms with Gasteiger partial charge in [-0.3, -0.25) is 4.57 Å². The van der Waals surface area contributed by atoms with Gasteiger partial charge in [0.15, 0.2) is 5.82 Å². The quantitative estimate of drug-likeness (QED) is 0.423. The van der Waals surface area contributed by atoms with E-state index >= 15 is 0 Å². The largest absolute Gasteiger partial charge is 0.279 e. The van der Waals surface area contributed by atoms with Crippen molar-refractivity contribution in [2.24, 2.45) is 0 Å². The number of aromatic nitrogens is 3. The lowest BCUT2D eigenvalue weighted by molar-refractivity contribution is 0.978. The van der Waals surface area contributed by atoms with Crippen molar-refractivity contribution in [3.05, 3.63) is 90.8 Å². The molecule has 0 spiro atoms. The highest BCUT2D eigenvalue weighted by atomic mass is 15.3. The molecule has 0 fully saturated rings. The van der Waals surface area contributed by atoms with Crippen LogP contribution in [0, 0.1) is 6.92 Å². The molecular weight excluding hydrogens is 318 g/mol. The van der Waals surface area contributed by atoms with E-state index in [9.17, 15) is 0 Å². The first-order chi connectivity index (χ1) is 12.8. The summed E-state index contributed by atoms with van der Waals surface area (Å²) in [4.78, 5) is 0. The Balaban J connectivity index is 1.77. The van der Waals surface area contributed by atoms with Gasteiger partial charge in [-0.15, -0.1) is 10.2 Å². The van der Waals surface area contributed by atoms with E-state index in [-0.39, 0.29) is 0 Å². The number of benzene rings is 4. The minimum atomic E-state index is 0.865. The van der Waals surface area contributed by atoms with E-state index < -0.39 is 0 Å². The average Bonchev–Trinajstić information content (AvgIpc) is 3.08. The van der Waals surface area contributed by atoms with Crippen molar-refractivity contribution >= 4 is 21.5 Å². The molecule has 0 aliphatic heterocycles. The SMILES string of the molecule is Cc1nnc(-c2ccc3ccccc3c2)n1-c1cccc2ccccc12. The van der Waals surface area contributed by atoms with Gasteiger partial charge >= 0.3 is 0 Å². The van der Waals surface area contributed by atoms with Gasteiger partial charge < -0.3 is 0 Å². The second-order valence-electron chi connectivity index (χ2n) is 6.47. The number of hydrogen-bond acceptors (Lipinski definition) is 2. The number of hydrogen-bond donors (Lipinski definition) is 0. The molecule has 124 valence electrons. The van der Waals surface area contributed by atoms with E-state index in [0.717, 1.165) is 22.9 Å². The van der Waals surface area contributed by atoms with Gasteiger partial charge in [0.05, 0.1) is 5.69 Å². The molecule has 0 aliphatic carbocycles. The Bertz CT molecular complexity index is 1250. The maximum absolute atomic E-state index is 4.49. The van der Waals surface area contributed by atoms with Gasteiger partial charge in [0.25, 0.3) is 0 Å². The number of aryl methyl sites for hydroxylation is 1. The number of fused-ring (bicyclic) bond motifs is 2. The van der Waals surface area contributed by atoms with E-state index in [4.69, 9.17) is 0 Å². The Morgan fingerprint density at radius 2 is 1.38 bits per heavy atom. The lowest BCUT2D eigenvalue weighted by atomic mass is 10.1. The summed E-state index contributed by atoms with van der Waals surface area (Å²) in [6, 6.07) is 29.6.